The molecule has 0 radical (unpaired) electrons. The zero-order valence-corrected chi connectivity index (χ0v) is 13.1. The van der Waals surface area contributed by atoms with E-state index in [0.29, 0.717) is 5.88 Å². The number of imidazole rings is 1. The van der Waals surface area contributed by atoms with Gasteiger partial charge in [-0.1, -0.05) is 6.07 Å². The van der Waals surface area contributed by atoms with Crippen LogP contribution in [-0.4, -0.2) is 20.4 Å². The Labute approximate surface area is 127 Å². The van der Waals surface area contributed by atoms with E-state index in [4.69, 9.17) is 16.6 Å². The van der Waals surface area contributed by atoms with Crippen LogP contribution in [0.1, 0.15) is 22.1 Å². The van der Waals surface area contributed by atoms with Crippen LogP contribution < -0.4 is 0 Å². The predicted octanol–water partition coefficient (Wildman–Crippen LogP) is 3.94. The molecule has 0 bridgehead atoms. The molecule has 0 aliphatic carbocycles. The molecule has 0 aliphatic heterocycles. The Morgan fingerprint density at radius 3 is 2.80 bits per heavy atom. The molecule has 2 aromatic heterocycles. The molecule has 5 heteroatoms. The molecule has 2 heterocycles. The van der Waals surface area contributed by atoms with Gasteiger partial charge >= 0.3 is 0 Å². The predicted molar refractivity (Wildman–Crippen MR) is 84.8 cm³/mol. The van der Waals surface area contributed by atoms with Crippen molar-refractivity contribution in [2.75, 3.05) is 5.88 Å². The van der Waals surface area contributed by atoms with Crippen LogP contribution in [-0.2, 0) is 13.0 Å². The summed E-state index contributed by atoms with van der Waals surface area (Å²) < 4.78 is 2.24. The first-order valence-electron chi connectivity index (χ1n) is 6.60. The van der Waals surface area contributed by atoms with Crippen molar-refractivity contribution in [1.29, 1.82) is 0 Å². The summed E-state index contributed by atoms with van der Waals surface area (Å²) >= 11 is 7.59. The van der Waals surface area contributed by atoms with E-state index in [0.717, 1.165) is 40.5 Å². The number of rotatable bonds is 4. The monoisotopic (exact) mass is 305 g/mol. The van der Waals surface area contributed by atoms with E-state index in [9.17, 15) is 0 Å². The van der Waals surface area contributed by atoms with Crippen LogP contribution in [0.2, 0.25) is 0 Å². The number of aromatic nitrogens is 3. The third-order valence-electron chi connectivity index (χ3n) is 3.29. The van der Waals surface area contributed by atoms with Gasteiger partial charge in [-0.15, -0.1) is 22.9 Å². The molecule has 0 spiro atoms. The Balaban J connectivity index is 2.09. The first-order valence-corrected chi connectivity index (χ1v) is 8.01. The third-order valence-corrected chi connectivity index (χ3v) is 4.30. The number of nitrogens with zero attached hydrogens (tertiary/aromatic N) is 3. The van der Waals surface area contributed by atoms with Crippen LogP contribution in [0, 0.1) is 13.8 Å². The van der Waals surface area contributed by atoms with Crippen molar-refractivity contribution in [3.8, 4) is 0 Å². The minimum Gasteiger partial charge on any atom is -0.322 e. The lowest BCUT2D eigenvalue weighted by molar-refractivity contribution is 0.740. The number of hydrogen-bond donors (Lipinski definition) is 0. The standard InChI is InChI=1S/C15H16ClN3S/c1-10-3-4-13-14(7-10)19(15(18-13)5-6-16)8-12-9-20-11(2)17-12/h3-4,7,9H,5-6,8H2,1-2H3. The summed E-state index contributed by atoms with van der Waals surface area (Å²) in [7, 11) is 0. The summed E-state index contributed by atoms with van der Waals surface area (Å²) in [5.74, 6) is 1.62. The maximum Gasteiger partial charge on any atom is 0.111 e. The van der Waals surface area contributed by atoms with Crippen molar-refractivity contribution in [1.82, 2.24) is 14.5 Å². The van der Waals surface area contributed by atoms with Gasteiger partial charge in [0.05, 0.1) is 28.3 Å². The van der Waals surface area contributed by atoms with Gasteiger partial charge in [-0.25, -0.2) is 9.97 Å². The highest BCUT2D eigenvalue weighted by molar-refractivity contribution is 7.09. The number of thiazole rings is 1. The molecule has 1 aromatic carbocycles. The summed E-state index contributed by atoms with van der Waals surface area (Å²) in [6.45, 7) is 4.89. The van der Waals surface area contributed by atoms with E-state index in [-0.39, 0.29) is 0 Å². The Morgan fingerprint density at radius 1 is 1.25 bits per heavy atom. The molecule has 3 aromatic rings. The molecular formula is C15H16ClN3S. The van der Waals surface area contributed by atoms with Crippen LogP contribution in [0.15, 0.2) is 23.6 Å². The third kappa shape index (κ3) is 2.58. The number of hydrogen-bond acceptors (Lipinski definition) is 3. The van der Waals surface area contributed by atoms with Crippen LogP contribution >= 0.6 is 22.9 Å². The lowest BCUT2D eigenvalue weighted by Gasteiger charge is -2.07. The summed E-state index contributed by atoms with van der Waals surface area (Å²) in [6.07, 6.45) is 0.776. The average molecular weight is 306 g/mol. The van der Waals surface area contributed by atoms with Gasteiger partial charge in [0.25, 0.3) is 0 Å². The van der Waals surface area contributed by atoms with Gasteiger partial charge in [-0.05, 0) is 31.5 Å². The second-order valence-electron chi connectivity index (χ2n) is 4.90. The molecule has 0 saturated carbocycles. The van der Waals surface area contributed by atoms with Crippen LogP contribution in [0.3, 0.4) is 0 Å². The second-order valence-corrected chi connectivity index (χ2v) is 6.34. The minimum absolute atomic E-state index is 0.582. The Hall–Kier alpha value is -1.39. The molecule has 0 saturated heterocycles. The quantitative estimate of drug-likeness (QED) is 0.684. The first-order chi connectivity index (χ1) is 9.67. The van der Waals surface area contributed by atoms with E-state index in [1.54, 1.807) is 11.3 Å². The van der Waals surface area contributed by atoms with Crippen molar-refractivity contribution < 1.29 is 0 Å². The van der Waals surface area contributed by atoms with Crippen molar-refractivity contribution in [3.63, 3.8) is 0 Å². The number of alkyl halides is 1. The highest BCUT2D eigenvalue weighted by atomic mass is 35.5. The smallest absolute Gasteiger partial charge is 0.111 e. The molecule has 0 unspecified atom stereocenters. The summed E-state index contributed by atoms with van der Waals surface area (Å²) in [4.78, 5) is 9.25. The average Bonchev–Trinajstić information content (AvgIpc) is 2.96. The highest BCUT2D eigenvalue weighted by Crippen LogP contribution is 2.21. The van der Waals surface area contributed by atoms with Crippen molar-refractivity contribution >= 4 is 34.0 Å². The van der Waals surface area contributed by atoms with Gasteiger partial charge in [-0.2, -0.15) is 0 Å². The molecule has 20 heavy (non-hydrogen) atoms. The topological polar surface area (TPSA) is 30.7 Å². The van der Waals surface area contributed by atoms with Gasteiger partial charge < -0.3 is 4.57 Å². The molecular weight excluding hydrogens is 290 g/mol. The van der Waals surface area contributed by atoms with Crippen LogP contribution in [0.25, 0.3) is 11.0 Å². The number of benzene rings is 1. The Bertz CT molecular complexity index is 745. The molecule has 3 rings (SSSR count). The fraction of sp³-hybridized carbons (Fsp3) is 0.333. The largest absolute Gasteiger partial charge is 0.322 e. The zero-order chi connectivity index (χ0) is 14.1. The second kappa shape index (κ2) is 5.54. The fourth-order valence-electron chi connectivity index (χ4n) is 2.38. The van der Waals surface area contributed by atoms with Crippen molar-refractivity contribution in [3.05, 3.63) is 45.7 Å². The Kier molecular flexibility index (Phi) is 3.76. The molecule has 0 aliphatic rings. The zero-order valence-electron chi connectivity index (χ0n) is 11.6. The van der Waals surface area contributed by atoms with E-state index >= 15 is 0 Å². The molecule has 104 valence electrons. The van der Waals surface area contributed by atoms with Crippen molar-refractivity contribution in [2.45, 2.75) is 26.8 Å². The van der Waals surface area contributed by atoms with E-state index in [1.165, 1.54) is 5.56 Å². The molecule has 3 nitrogen and oxygen atoms in total. The maximum atomic E-state index is 5.91. The summed E-state index contributed by atoms with van der Waals surface area (Å²) in [6, 6.07) is 6.35. The maximum absolute atomic E-state index is 5.91. The number of fused-ring (bicyclic) bond motifs is 1. The minimum atomic E-state index is 0.582. The number of aryl methyl sites for hydroxylation is 3. The lowest BCUT2D eigenvalue weighted by atomic mass is 10.2. The SMILES string of the molecule is Cc1ccc2nc(CCCl)n(Cc3csc(C)n3)c2c1. The molecule has 0 N–H and O–H groups in total. The van der Waals surface area contributed by atoms with Crippen LogP contribution in [0.5, 0.6) is 0 Å². The summed E-state index contributed by atoms with van der Waals surface area (Å²) in [5.41, 5.74) is 4.52. The highest BCUT2D eigenvalue weighted by Gasteiger charge is 2.12. The van der Waals surface area contributed by atoms with E-state index in [2.05, 4.69) is 40.1 Å². The van der Waals surface area contributed by atoms with Crippen molar-refractivity contribution in [2.24, 2.45) is 0 Å². The van der Waals surface area contributed by atoms with E-state index in [1.807, 2.05) is 6.92 Å². The van der Waals surface area contributed by atoms with Crippen LogP contribution in [0.4, 0.5) is 0 Å². The van der Waals surface area contributed by atoms with E-state index < -0.39 is 0 Å². The van der Waals surface area contributed by atoms with Gasteiger partial charge in [0.1, 0.15) is 5.82 Å². The number of halogens is 1. The van der Waals surface area contributed by atoms with Gasteiger partial charge in [0, 0.05) is 17.7 Å². The first kappa shape index (κ1) is 13.6. The molecule has 0 atom stereocenters. The van der Waals surface area contributed by atoms with Gasteiger partial charge in [0.15, 0.2) is 0 Å². The summed E-state index contributed by atoms with van der Waals surface area (Å²) in [5, 5.41) is 3.21. The lowest BCUT2D eigenvalue weighted by Crippen LogP contribution is -2.06. The molecule has 0 fully saturated rings. The Morgan fingerprint density at radius 2 is 2.10 bits per heavy atom. The fourth-order valence-corrected chi connectivity index (χ4v) is 3.15. The normalized spacial score (nSPS) is 11.3. The molecule has 0 amide bonds. The van der Waals surface area contributed by atoms with Gasteiger partial charge in [0.2, 0.25) is 0 Å². The van der Waals surface area contributed by atoms with Gasteiger partial charge in [-0.3, -0.25) is 0 Å².